The van der Waals surface area contributed by atoms with Crippen LogP contribution in [0.15, 0.2) is 24.3 Å². The number of ether oxygens (including phenoxy) is 1. The van der Waals surface area contributed by atoms with Crippen molar-refractivity contribution in [3.8, 4) is 0 Å². The zero-order valence-electron chi connectivity index (χ0n) is 9.70. The van der Waals surface area contributed by atoms with Crippen LogP contribution in [0.5, 0.6) is 0 Å². The lowest BCUT2D eigenvalue weighted by Gasteiger charge is -2.10. The van der Waals surface area contributed by atoms with Crippen LogP contribution in [-0.2, 0) is 17.6 Å². The summed E-state index contributed by atoms with van der Waals surface area (Å²) in [5, 5.41) is 0. The molecule has 1 unspecified atom stereocenters. The first-order valence-electron chi connectivity index (χ1n) is 5.58. The highest BCUT2D eigenvalue weighted by atomic mass is 16.5. The molecule has 0 aliphatic carbocycles. The monoisotopic (exact) mass is 207 g/mol. The van der Waals surface area contributed by atoms with Gasteiger partial charge < -0.3 is 10.5 Å². The second kappa shape index (κ2) is 6.59. The second-order valence-corrected chi connectivity index (χ2v) is 3.92. The molecule has 0 heterocycles. The zero-order chi connectivity index (χ0) is 11.1. The highest BCUT2D eigenvalue weighted by Crippen LogP contribution is 2.08. The second-order valence-electron chi connectivity index (χ2n) is 3.92. The van der Waals surface area contributed by atoms with Crippen molar-refractivity contribution in [3.05, 3.63) is 35.4 Å². The van der Waals surface area contributed by atoms with Crippen LogP contribution in [0.3, 0.4) is 0 Å². The summed E-state index contributed by atoms with van der Waals surface area (Å²) in [6.07, 6.45) is 3.12. The van der Waals surface area contributed by atoms with E-state index < -0.39 is 0 Å². The Morgan fingerprint density at radius 2 is 1.80 bits per heavy atom. The zero-order valence-corrected chi connectivity index (χ0v) is 9.70. The molecule has 0 saturated carbocycles. The largest absolute Gasteiger partial charge is 0.383 e. The van der Waals surface area contributed by atoms with E-state index in [1.165, 1.54) is 11.1 Å². The van der Waals surface area contributed by atoms with Gasteiger partial charge in [0.25, 0.3) is 0 Å². The van der Waals surface area contributed by atoms with E-state index in [4.69, 9.17) is 10.5 Å². The molecule has 0 aliphatic rings. The number of aryl methyl sites for hydroxylation is 2. The summed E-state index contributed by atoms with van der Waals surface area (Å²) >= 11 is 0. The highest BCUT2D eigenvalue weighted by molar-refractivity contribution is 5.22. The number of benzene rings is 1. The molecule has 15 heavy (non-hydrogen) atoms. The minimum absolute atomic E-state index is 0.154. The summed E-state index contributed by atoms with van der Waals surface area (Å²) in [6, 6.07) is 8.92. The summed E-state index contributed by atoms with van der Waals surface area (Å²) in [5.41, 5.74) is 8.61. The maximum absolute atomic E-state index is 5.86. The van der Waals surface area contributed by atoms with E-state index in [9.17, 15) is 0 Å². The molecule has 0 saturated heterocycles. The Hall–Kier alpha value is -0.860. The lowest BCUT2D eigenvalue weighted by molar-refractivity contribution is 0.177. The lowest BCUT2D eigenvalue weighted by atomic mass is 10.0. The van der Waals surface area contributed by atoms with Crippen molar-refractivity contribution in [1.82, 2.24) is 0 Å². The molecule has 2 heteroatoms. The SMILES string of the molecule is CCc1ccc(CCC(N)COC)cc1. The first-order valence-corrected chi connectivity index (χ1v) is 5.58. The molecule has 0 aliphatic heterocycles. The quantitative estimate of drug-likeness (QED) is 0.775. The molecule has 2 N–H and O–H groups in total. The first-order chi connectivity index (χ1) is 7.26. The minimum atomic E-state index is 0.154. The molecule has 0 bridgehead atoms. The standard InChI is InChI=1S/C13H21NO/c1-3-11-4-6-12(7-5-11)8-9-13(14)10-15-2/h4-7,13H,3,8-10,14H2,1-2H3. The van der Waals surface area contributed by atoms with E-state index in [-0.39, 0.29) is 6.04 Å². The molecule has 0 amide bonds. The molecule has 0 aromatic heterocycles. The van der Waals surface area contributed by atoms with Gasteiger partial charge in [-0.15, -0.1) is 0 Å². The molecule has 84 valence electrons. The molecule has 0 radical (unpaired) electrons. The van der Waals surface area contributed by atoms with Crippen LogP contribution in [0.1, 0.15) is 24.5 Å². The van der Waals surface area contributed by atoms with E-state index in [1.807, 2.05) is 0 Å². The van der Waals surface area contributed by atoms with Gasteiger partial charge in [-0.05, 0) is 30.4 Å². The highest BCUT2D eigenvalue weighted by Gasteiger charge is 2.02. The molecule has 2 nitrogen and oxygen atoms in total. The van der Waals surface area contributed by atoms with Crippen LogP contribution < -0.4 is 5.73 Å². The predicted octanol–water partition coefficient (Wildman–Crippen LogP) is 2.16. The number of nitrogens with two attached hydrogens (primary N) is 1. The molecular formula is C13H21NO. The van der Waals surface area contributed by atoms with Gasteiger partial charge >= 0.3 is 0 Å². The van der Waals surface area contributed by atoms with Crippen molar-refractivity contribution >= 4 is 0 Å². The third-order valence-electron chi connectivity index (χ3n) is 2.62. The van der Waals surface area contributed by atoms with Crippen LogP contribution >= 0.6 is 0 Å². The summed E-state index contributed by atoms with van der Waals surface area (Å²) in [4.78, 5) is 0. The maximum Gasteiger partial charge on any atom is 0.0613 e. The van der Waals surface area contributed by atoms with Gasteiger partial charge in [0.2, 0.25) is 0 Å². The number of rotatable bonds is 6. The molecule has 1 atom stereocenters. The molecule has 1 aromatic carbocycles. The van der Waals surface area contributed by atoms with Crippen molar-refractivity contribution in [3.63, 3.8) is 0 Å². The van der Waals surface area contributed by atoms with Crippen LogP contribution in [0.2, 0.25) is 0 Å². The minimum Gasteiger partial charge on any atom is -0.383 e. The van der Waals surface area contributed by atoms with E-state index in [2.05, 4.69) is 31.2 Å². The van der Waals surface area contributed by atoms with Gasteiger partial charge in [0.1, 0.15) is 0 Å². The van der Waals surface area contributed by atoms with Crippen LogP contribution in [0.25, 0.3) is 0 Å². The summed E-state index contributed by atoms with van der Waals surface area (Å²) < 4.78 is 5.00. The molecular weight excluding hydrogens is 186 g/mol. The summed E-state index contributed by atoms with van der Waals surface area (Å²) in [7, 11) is 1.69. The van der Waals surface area contributed by atoms with Gasteiger partial charge in [0.15, 0.2) is 0 Å². The first kappa shape index (κ1) is 12.2. The smallest absolute Gasteiger partial charge is 0.0613 e. The molecule has 1 rings (SSSR count). The summed E-state index contributed by atoms with van der Waals surface area (Å²) in [5.74, 6) is 0. The van der Waals surface area contributed by atoms with Crippen LogP contribution in [-0.4, -0.2) is 19.8 Å². The maximum atomic E-state index is 5.86. The number of methoxy groups -OCH3 is 1. The fraction of sp³-hybridized carbons (Fsp3) is 0.538. The fourth-order valence-electron chi connectivity index (χ4n) is 1.59. The Morgan fingerprint density at radius 3 is 2.33 bits per heavy atom. The topological polar surface area (TPSA) is 35.2 Å². The van der Waals surface area contributed by atoms with E-state index in [1.54, 1.807) is 7.11 Å². The predicted molar refractivity (Wildman–Crippen MR) is 64.0 cm³/mol. The van der Waals surface area contributed by atoms with E-state index >= 15 is 0 Å². The Labute approximate surface area is 92.4 Å². The molecule has 0 fully saturated rings. The van der Waals surface area contributed by atoms with Gasteiger partial charge in [-0.25, -0.2) is 0 Å². The van der Waals surface area contributed by atoms with Gasteiger partial charge in [0.05, 0.1) is 6.61 Å². The lowest BCUT2D eigenvalue weighted by Crippen LogP contribution is -2.26. The normalized spacial score (nSPS) is 12.7. The van der Waals surface area contributed by atoms with Crippen molar-refractivity contribution in [2.45, 2.75) is 32.2 Å². The number of hydrogen-bond acceptors (Lipinski definition) is 2. The van der Waals surface area contributed by atoms with Gasteiger partial charge in [-0.3, -0.25) is 0 Å². The van der Waals surface area contributed by atoms with Crippen molar-refractivity contribution in [2.75, 3.05) is 13.7 Å². The third-order valence-corrected chi connectivity index (χ3v) is 2.62. The van der Waals surface area contributed by atoms with Crippen molar-refractivity contribution in [1.29, 1.82) is 0 Å². The van der Waals surface area contributed by atoms with Gasteiger partial charge in [0, 0.05) is 13.2 Å². The van der Waals surface area contributed by atoms with E-state index in [0.717, 1.165) is 19.3 Å². The Kier molecular flexibility index (Phi) is 5.37. The average molecular weight is 207 g/mol. The Bertz CT molecular complexity index is 268. The van der Waals surface area contributed by atoms with E-state index in [0.29, 0.717) is 6.61 Å². The molecule has 1 aromatic rings. The molecule has 0 spiro atoms. The number of hydrogen-bond donors (Lipinski definition) is 1. The fourth-order valence-corrected chi connectivity index (χ4v) is 1.59. The van der Waals surface area contributed by atoms with Crippen molar-refractivity contribution < 1.29 is 4.74 Å². The summed E-state index contributed by atoms with van der Waals surface area (Å²) in [6.45, 7) is 2.82. The van der Waals surface area contributed by atoms with Crippen molar-refractivity contribution in [2.24, 2.45) is 5.73 Å². The van der Waals surface area contributed by atoms with Gasteiger partial charge in [-0.1, -0.05) is 31.2 Å². The Morgan fingerprint density at radius 1 is 1.20 bits per heavy atom. The van der Waals surface area contributed by atoms with Crippen LogP contribution in [0, 0.1) is 0 Å². The van der Waals surface area contributed by atoms with Gasteiger partial charge in [-0.2, -0.15) is 0 Å². The average Bonchev–Trinajstić information content (AvgIpc) is 2.27. The Balaban J connectivity index is 2.37. The third kappa shape index (κ3) is 4.45. The van der Waals surface area contributed by atoms with Crippen LogP contribution in [0.4, 0.5) is 0 Å².